The number of pyridine rings is 1. The van der Waals surface area contributed by atoms with Gasteiger partial charge in [0, 0.05) is 80.9 Å². The van der Waals surface area contributed by atoms with E-state index in [0.717, 1.165) is 12.3 Å². The SMILES string of the molecule is CO[C@H]1/C=C/O[C@@]2(C)Oc3c(C)c(O)c4c(O)c(c(/C=N/N5CCN(c6c(F)cc7c(=O)c(C(=O)O)cn8c7c6OCC8C)CC5C)c(O)c4c3C2=O)NC(=O)/C(C)=C\C=C\[C@H](C)[C@H](O)[C@@H](C)[C@@H](O)[C@@H](C)[C@H](OC(C)=O)C1. The van der Waals surface area contributed by atoms with Crippen LogP contribution in [-0.4, -0.2) is 140 Å². The molecular weight excluding hydrogens is 1010 g/mol. The second kappa shape index (κ2) is 21.4. The number of aliphatic hydroxyl groups excluding tert-OH is 2. The van der Waals surface area contributed by atoms with Gasteiger partial charge in [0.15, 0.2) is 17.3 Å². The molecule has 10 atom stereocenters. The lowest BCUT2D eigenvalue weighted by molar-refractivity contribution is -0.155. The number of aromatic carboxylic acids is 1. The van der Waals surface area contributed by atoms with Crippen molar-refractivity contribution in [3.05, 3.63) is 86.7 Å². The summed E-state index contributed by atoms with van der Waals surface area (Å²) in [5.41, 5.74) is -1.95. The summed E-state index contributed by atoms with van der Waals surface area (Å²) in [4.78, 5) is 68.0. The van der Waals surface area contributed by atoms with Crippen molar-refractivity contribution < 1.29 is 77.9 Å². The fourth-order valence-electron chi connectivity index (χ4n) is 10.5. The van der Waals surface area contributed by atoms with Gasteiger partial charge in [-0.1, -0.05) is 39.0 Å². The van der Waals surface area contributed by atoms with Crippen LogP contribution in [0.3, 0.4) is 0 Å². The largest absolute Gasteiger partial charge is 0.507 e. The minimum Gasteiger partial charge on any atom is -0.507 e. The summed E-state index contributed by atoms with van der Waals surface area (Å²) in [7, 11) is 1.40. The molecule has 0 spiro atoms. The van der Waals surface area contributed by atoms with Crippen LogP contribution in [0.15, 0.2) is 58.3 Å². The number of fused-ring (bicyclic) bond motifs is 14. The maximum atomic E-state index is 16.3. The molecule has 412 valence electrons. The number of hydrazone groups is 1. The van der Waals surface area contributed by atoms with Gasteiger partial charge in [-0.3, -0.25) is 24.2 Å². The van der Waals surface area contributed by atoms with Gasteiger partial charge in [0.25, 0.3) is 11.7 Å². The van der Waals surface area contributed by atoms with Crippen molar-refractivity contribution in [3.63, 3.8) is 0 Å². The number of allylic oxidation sites excluding steroid dienone is 2. The molecule has 7 N–H and O–H groups in total. The molecule has 6 heterocycles. The molecule has 3 aromatic carbocycles. The molecule has 21 nitrogen and oxygen atoms in total. The molecule has 9 rings (SSSR count). The number of carbonyl (C=O) groups excluding carboxylic acids is 3. The molecule has 0 aliphatic carbocycles. The van der Waals surface area contributed by atoms with Gasteiger partial charge in [0.2, 0.25) is 5.43 Å². The summed E-state index contributed by atoms with van der Waals surface area (Å²) in [6.45, 7) is 14.5. The number of rotatable bonds is 6. The Morgan fingerprint density at radius 1 is 0.948 bits per heavy atom. The van der Waals surface area contributed by atoms with E-state index in [1.165, 1.54) is 65.4 Å². The number of nitrogens with one attached hydrogen (secondary N) is 1. The van der Waals surface area contributed by atoms with Crippen molar-refractivity contribution in [1.29, 1.82) is 0 Å². The Bertz CT molecular complexity index is 3280. The molecule has 5 aliphatic heterocycles. The van der Waals surface area contributed by atoms with E-state index in [1.807, 2.05) is 0 Å². The van der Waals surface area contributed by atoms with E-state index in [4.69, 9.17) is 23.7 Å². The molecule has 1 amide bonds. The number of Topliss-reactive ketones (excluding diaryl/α,β-unsaturated/α-hetero) is 1. The van der Waals surface area contributed by atoms with Gasteiger partial charge in [-0.05, 0) is 39.8 Å². The number of aliphatic hydroxyl groups is 2. The van der Waals surface area contributed by atoms with Gasteiger partial charge >= 0.3 is 17.7 Å². The molecule has 0 saturated carbocycles. The number of esters is 1. The van der Waals surface area contributed by atoms with Gasteiger partial charge in [0.05, 0.1) is 82.5 Å². The molecule has 0 radical (unpaired) electrons. The highest BCUT2D eigenvalue weighted by Gasteiger charge is 2.50. The highest BCUT2D eigenvalue weighted by molar-refractivity contribution is 6.24. The third-order valence-electron chi connectivity index (χ3n) is 15.2. The quantitative estimate of drug-likeness (QED) is 0.0493. The summed E-state index contributed by atoms with van der Waals surface area (Å²) < 4.78 is 47.4. The van der Waals surface area contributed by atoms with Crippen LogP contribution in [0.25, 0.3) is 21.7 Å². The Labute approximate surface area is 442 Å². The Hall–Kier alpha value is -7.69. The predicted octanol–water partition coefficient (Wildman–Crippen LogP) is 6.16. The van der Waals surface area contributed by atoms with Crippen LogP contribution in [0.1, 0.15) is 99.7 Å². The number of anilines is 2. The van der Waals surface area contributed by atoms with Crippen LogP contribution in [0.4, 0.5) is 15.8 Å². The number of ether oxygens (including phenoxy) is 5. The second-order valence-electron chi connectivity index (χ2n) is 20.5. The summed E-state index contributed by atoms with van der Waals surface area (Å²) in [5, 5.41) is 77.1. The number of ketones is 1. The highest BCUT2D eigenvalue weighted by Crippen LogP contribution is 2.55. The molecular formula is C55H64FN5O16. The number of phenols is 3. The number of amides is 1. The Morgan fingerprint density at radius 3 is 2.32 bits per heavy atom. The van der Waals surface area contributed by atoms with Crippen molar-refractivity contribution in [3.8, 4) is 28.7 Å². The van der Waals surface area contributed by atoms with Crippen molar-refractivity contribution in [2.24, 2.45) is 22.9 Å². The molecule has 5 aliphatic rings. The van der Waals surface area contributed by atoms with Crippen molar-refractivity contribution in [2.75, 3.05) is 43.6 Å². The van der Waals surface area contributed by atoms with E-state index in [9.17, 15) is 54.6 Å². The number of nitrogens with zero attached hydrogens (tertiary/aromatic N) is 4. The zero-order valence-corrected chi connectivity index (χ0v) is 44.3. The van der Waals surface area contributed by atoms with E-state index in [0.29, 0.717) is 0 Å². The standard InChI is InChI=1S/C55H64FN5O16/c1-24-12-11-13-25(2)53(70)58-41-34(20-57-61-16-15-59(21-26(61)3)43-36(56)19-33-42-51(43)74-23-27(4)60(42)22-35(47(33)66)54(71)72)48(67)38-39(49(41)68)46(65)30(7)50-40(38)52(69)55(9,77-50)75-17-14-32(73-10)18-37(76-31(8)62)28(5)45(64)29(6)44(24)63/h11-14,17,19-20,22,24,26-29,32,37,44-45,63-65,67-68H,15-16,18,21,23H2,1-10H3,(H,58,70)(H,71,72)/b12-11+,17-14+,25-13-,57-20+/t24-,26?,27?,28-,29+,32-,37+,44-,45-,55-/m0/s1. The average molecular weight is 1070 g/mol. The lowest BCUT2D eigenvalue weighted by Crippen LogP contribution is -2.50. The molecule has 1 saturated heterocycles. The third kappa shape index (κ3) is 10.00. The molecule has 77 heavy (non-hydrogen) atoms. The number of piperazine rings is 1. The maximum Gasteiger partial charge on any atom is 0.341 e. The first-order chi connectivity index (χ1) is 36.3. The molecule has 1 fully saturated rings. The summed E-state index contributed by atoms with van der Waals surface area (Å²) in [6, 6.07) is 0.125. The zero-order chi connectivity index (χ0) is 56.3. The summed E-state index contributed by atoms with van der Waals surface area (Å²) in [5.74, 6) is -10.8. The number of benzene rings is 3. The number of carboxylic acid groups (broad SMARTS) is 1. The fraction of sp³-hybridized carbons (Fsp3) is 0.455. The van der Waals surface area contributed by atoms with Crippen LogP contribution in [0.5, 0.6) is 28.7 Å². The lowest BCUT2D eigenvalue weighted by Gasteiger charge is -2.40. The normalized spacial score (nSPS) is 28.7. The minimum absolute atomic E-state index is 0.0108. The van der Waals surface area contributed by atoms with E-state index < -0.39 is 123 Å². The van der Waals surface area contributed by atoms with Crippen molar-refractivity contribution in [2.45, 2.75) is 111 Å². The van der Waals surface area contributed by atoms with Crippen molar-refractivity contribution >= 4 is 62.9 Å². The van der Waals surface area contributed by atoms with E-state index in [2.05, 4.69) is 10.4 Å². The van der Waals surface area contributed by atoms with Crippen LogP contribution >= 0.6 is 0 Å². The second-order valence-corrected chi connectivity index (χ2v) is 20.5. The number of carboxylic acids is 1. The maximum absolute atomic E-state index is 16.3. The molecule has 22 heteroatoms. The van der Waals surface area contributed by atoms with Crippen LogP contribution in [0, 0.1) is 30.5 Å². The first-order valence-corrected chi connectivity index (χ1v) is 25.2. The number of aromatic nitrogens is 1. The molecule has 1 aromatic heterocycles. The van der Waals surface area contributed by atoms with E-state index in [-0.39, 0.29) is 94.4 Å². The minimum atomic E-state index is -2.14. The zero-order valence-electron chi connectivity index (χ0n) is 44.3. The summed E-state index contributed by atoms with van der Waals surface area (Å²) >= 11 is 0. The number of hydrogen-bond acceptors (Lipinski definition) is 18. The highest BCUT2D eigenvalue weighted by atomic mass is 19.1. The predicted molar refractivity (Wildman–Crippen MR) is 281 cm³/mol. The van der Waals surface area contributed by atoms with Crippen LogP contribution < -0.4 is 25.1 Å². The van der Waals surface area contributed by atoms with E-state index >= 15 is 4.39 Å². The average Bonchev–Trinajstić information content (AvgIpc) is 3.85. The molecule has 5 bridgehead atoms. The number of hydrogen-bond donors (Lipinski definition) is 7. The van der Waals surface area contributed by atoms with Crippen LogP contribution in [0.2, 0.25) is 0 Å². The fourth-order valence-corrected chi connectivity index (χ4v) is 10.5. The van der Waals surface area contributed by atoms with Crippen molar-refractivity contribution in [1.82, 2.24) is 9.58 Å². The van der Waals surface area contributed by atoms with Gasteiger partial charge in [-0.25, -0.2) is 9.18 Å². The van der Waals surface area contributed by atoms with Crippen LogP contribution in [-0.2, 0) is 23.8 Å². The lowest BCUT2D eigenvalue weighted by atomic mass is 9.81. The number of carbonyl (C=O) groups is 4. The molecule has 4 aromatic rings. The summed E-state index contributed by atoms with van der Waals surface area (Å²) in [6.07, 6.45) is 5.57. The van der Waals surface area contributed by atoms with Gasteiger partial charge in [0.1, 0.15) is 41.2 Å². The topological polar surface area (TPSA) is 289 Å². The Morgan fingerprint density at radius 2 is 1.66 bits per heavy atom. The number of halogens is 1. The van der Waals surface area contributed by atoms with Gasteiger partial charge in [-0.2, -0.15) is 5.10 Å². The monoisotopic (exact) mass is 1070 g/mol. The smallest absolute Gasteiger partial charge is 0.341 e. The number of aromatic hydroxyl groups is 3. The van der Waals surface area contributed by atoms with E-state index in [1.54, 1.807) is 55.2 Å². The number of methoxy groups -OCH3 is 1. The van der Waals surface area contributed by atoms with Gasteiger partial charge in [-0.15, -0.1) is 0 Å². The third-order valence-corrected chi connectivity index (χ3v) is 15.2. The Balaban J connectivity index is 1.20. The Kier molecular flexibility index (Phi) is 15.4. The first kappa shape index (κ1) is 55.5. The first-order valence-electron chi connectivity index (χ1n) is 25.2. The number of phenolic OH excluding ortho intramolecular Hbond substituents is 3. The van der Waals surface area contributed by atoms with Gasteiger partial charge < -0.3 is 69.1 Å². The molecule has 2 unspecified atom stereocenters.